The maximum absolute atomic E-state index is 13.6. The van der Waals surface area contributed by atoms with Crippen LogP contribution in [-0.4, -0.2) is 18.1 Å². The van der Waals surface area contributed by atoms with Gasteiger partial charge in [0.25, 0.3) is 0 Å². The van der Waals surface area contributed by atoms with Gasteiger partial charge >= 0.3 is 0 Å². The lowest BCUT2D eigenvalue weighted by Crippen LogP contribution is -2.09. The Morgan fingerprint density at radius 2 is 2.09 bits per heavy atom. The molecule has 0 saturated heterocycles. The number of aliphatic hydroxyl groups excluding tert-OH is 1. The van der Waals surface area contributed by atoms with E-state index in [-0.39, 0.29) is 18.3 Å². The number of methoxy groups -OCH3 is 1. The fourth-order valence-electron chi connectivity index (χ4n) is 2.03. The number of hydrogen-bond donors (Lipinski definition) is 2. The summed E-state index contributed by atoms with van der Waals surface area (Å²) in [5, 5.41) is 11.9. The Balaban J connectivity index is 2.08. The van der Waals surface area contributed by atoms with Gasteiger partial charge < -0.3 is 15.2 Å². The molecule has 2 rings (SSSR count). The first-order valence-electron chi connectivity index (χ1n) is 7.06. The monoisotopic (exact) mass is 315 g/mol. The number of amides is 1. The molecular formula is C18H18FNO3. The Labute approximate surface area is 134 Å². The molecule has 0 unspecified atom stereocenters. The molecule has 2 N–H and O–H groups in total. The van der Waals surface area contributed by atoms with Gasteiger partial charge in [0.15, 0.2) is 11.6 Å². The van der Waals surface area contributed by atoms with Crippen molar-refractivity contribution in [2.45, 2.75) is 13.5 Å². The molecule has 4 nitrogen and oxygen atoms in total. The lowest BCUT2D eigenvalue weighted by Gasteiger charge is -2.08. The van der Waals surface area contributed by atoms with Crippen LogP contribution in [0.2, 0.25) is 0 Å². The van der Waals surface area contributed by atoms with E-state index in [0.29, 0.717) is 16.8 Å². The highest BCUT2D eigenvalue weighted by atomic mass is 19.1. The average molecular weight is 315 g/mol. The van der Waals surface area contributed by atoms with Crippen molar-refractivity contribution in [2.75, 3.05) is 12.4 Å². The van der Waals surface area contributed by atoms with Gasteiger partial charge in [-0.05, 0) is 47.9 Å². The summed E-state index contributed by atoms with van der Waals surface area (Å²) in [6.45, 7) is 1.77. The van der Waals surface area contributed by atoms with Crippen molar-refractivity contribution in [3.05, 3.63) is 65.0 Å². The van der Waals surface area contributed by atoms with Crippen LogP contribution in [0.4, 0.5) is 10.1 Å². The number of carbonyl (C=O) groups is 1. The summed E-state index contributed by atoms with van der Waals surface area (Å²) in [4.78, 5) is 12.0. The topological polar surface area (TPSA) is 58.6 Å². The second-order valence-electron chi connectivity index (χ2n) is 5.02. The van der Waals surface area contributed by atoms with Gasteiger partial charge in [0, 0.05) is 11.8 Å². The number of nitrogens with one attached hydrogen (secondary N) is 1. The molecule has 120 valence electrons. The van der Waals surface area contributed by atoms with Crippen molar-refractivity contribution >= 4 is 17.7 Å². The fraction of sp³-hybridized carbons (Fsp3) is 0.167. The van der Waals surface area contributed by atoms with Gasteiger partial charge in [-0.3, -0.25) is 4.79 Å². The second-order valence-corrected chi connectivity index (χ2v) is 5.02. The lowest BCUT2D eigenvalue weighted by molar-refractivity contribution is -0.111. The largest absolute Gasteiger partial charge is 0.494 e. The molecule has 0 aromatic heterocycles. The summed E-state index contributed by atoms with van der Waals surface area (Å²) in [5.41, 5.74) is 2.79. The molecule has 0 heterocycles. The SMILES string of the molecule is COc1ccc(C=CC(=O)Nc2cc(CO)ccc2C)cc1F. The molecule has 0 bridgehead atoms. The fourth-order valence-corrected chi connectivity index (χ4v) is 2.03. The van der Waals surface area contributed by atoms with Crippen LogP contribution in [0.15, 0.2) is 42.5 Å². The van der Waals surface area contributed by atoms with Crippen molar-refractivity contribution in [3.63, 3.8) is 0 Å². The van der Waals surface area contributed by atoms with E-state index in [9.17, 15) is 9.18 Å². The molecule has 0 radical (unpaired) electrons. The summed E-state index contributed by atoms with van der Waals surface area (Å²) >= 11 is 0. The van der Waals surface area contributed by atoms with Gasteiger partial charge in [0.2, 0.25) is 5.91 Å². The first kappa shape index (κ1) is 16.7. The minimum Gasteiger partial charge on any atom is -0.494 e. The van der Waals surface area contributed by atoms with Crippen molar-refractivity contribution < 1.29 is 19.0 Å². The predicted octanol–water partition coefficient (Wildman–Crippen LogP) is 3.29. The number of rotatable bonds is 5. The molecule has 2 aromatic rings. The van der Waals surface area contributed by atoms with E-state index >= 15 is 0 Å². The second kappa shape index (κ2) is 7.56. The van der Waals surface area contributed by atoms with Crippen LogP contribution in [0.25, 0.3) is 6.08 Å². The number of ether oxygens (including phenoxy) is 1. The zero-order chi connectivity index (χ0) is 16.8. The Morgan fingerprint density at radius 3 is 2.74 bits per heavy atom. The molecule has 5 heteroatoms. The van der Waals surface area contributed by atoms with Crippen LogP contribution >= 0.6 is 0 Å². The van der Waals surface area contributed by atoms with Crippen molar-refractivity contribution in [1.29, 1.82) is 0 Å². The standard InChI is InChI=1S/C18H18FNO3/c1-12-3-4-14(11-21)10-16(12)20-18(22)8-6-13-5-7-17(23-2)15(19)9-13/h3-10,21H,11H2,1-2H3,(H,20,22). The van der Waals surface area contributed by atoms with Gasteiger partial charge in [-0.25, -0.2) is 4.39 Å². The molecule has 0 fully saturated rings. The highest BCUT2D eigenvalue weighted by Gasteiger charge is 2.04. The molecule has 23 heavy (non-hydrogen) atoms. The van der Waals surface area contributed by atoms with Gasteiger partial charge in [-0.1, -0.05) is 18.2 Å². The number of halogens is 1. The van der Waals surface area contributed by atoms with E-state index in [1.54, 1.807) is 18.2 Å². The minimum absolute atomic E-state index is 0.0931. The molecule has 1 amide bonds. The Hall–Kier alpha value is -2.66. The summed E-state index contributed by atoms with van der Waals surface area (Å²) in [7, 11) is 1.39. The Bertz CT molecular complexity index is 741. The van der Waals surface area contributed by atoms with Gasteiger partial charge in [-0.2, -0.15) is 0 Å². The van der Waals surface area contributed by atoms with Crippen LogP contribution in [0.3, 0.4) is 0 Å². The van der Waals surface area contributed by atoms with E-state index < -0.39 is 5.82 Å². The van der Waals surface area contributed by atoms with Crippen LogP contribution in [0, 0.1) is 12.7 Å². The quantitative estimate of drug-likeness (QED) is 0.833. The molecule has 0 saturated carbocycles. The summed E-state index contributed by atoms with van der Waals surface area (Å²) in [6.07, 6.45) is 2.84. The summed E-state index contributed by atoms with van der Waals surface area (Å²) in [6, 6.07) is 9.78. The first-order chi connectivity index (χ1) is 11.0. The lowest BCUT2D eigenvalue weighted by atomic mass is 10.1. The minimum atomic E-state index is -0.485. The van der Waals surface area contributed by atoms with Crippen LogP contribution in [0.1, 0.15) is 16.7 Å². The highest BCUT2D eigenvalue weighted by molar-refractivity contribution is 6.02. The molecule has 2 aromatic carbocycles. The molecule has 0 atom stereocenters. The van der Waals surface area contributed by atoms with Crippen molar-refractivity contribution in [3.8, 4) is 5.75 Å². The normalized spacial score (nSPS) is 10.8. The third-order valence-corrected chi connectivity index (χ3v) is 3.35. The van der Waals surface area contributed by atoms with E-state index in [0.717, 1.165) is 5.56 Å². The van der Waals surface area contributed by atoms with E-state index in [1.807, 2.05) is 13.0 Å². The summed E-state index contributed by atoms with van der Waals surface area (Å²) < 4.78 is 18.4. The van der Waals surface area contributed by atoms with Crippen molar-refractivity contribution in [1.82, 2.24) is 0 Å². The molecule has 0 aliphatic rings. The van der Waals surface area contributed by atoms with Gasteiger partial charge in [-0.15, -0.1) is 0 Å². The summed E-state index contributed by atoms with van der Waals surface area (Å²) in [5.74, 6) is -0.663. The maximum atomic E-state index is 13.6. The third-order valence-electron chi connectivity index (χ3n) is 3.35. The molecule has 0 aliphatic carbocycles. The number of aryl methyl sites for hydroxylation is 1. The number of anilines is 1. The van der Waals surface area contributed by atoms with Gasteiger partial charge in [0.05, 0.1) is 13.7 Å². The Morgan fingerprint density at radius 1 is 1.30 bits per heavy atom. The Kier molecular flexibility index (Phi) is 5.49. The number of benzene rings is 2. The molecular weight excluding hydrogens is 297 g/mol. The molecule has 0 spiro atoms. The number of aliphatic hydroxyl groups is 1. The van der Waals surface area contributed by atoms with Crippen molar-refractivity contribution in [2.24, 2.45) is 0 Å². The smallest absolute Gasteiger partial charge is 0.248 e. The first-order valence-corrected chi connectivity index (χ1v) is 7.06. The van der Waals surface area contributed by atoms with E-state index in [1.165, 1.54) is 31.4 Å². The average Bonchev–Trinajstić information content (AvgIpc) is 2.55. The molecule has 0 aliphatic heterocycles. The van der Waals surface area contributed by atoms with Crippen LogP contribution in [-0.2, 0) is 11.4 Å². The third kappa shape index (κ3) is 4.40. The van der Waals surface area contributed by atoms with E-state index in [4.69, 9.17) is 9.84 Å². The van der Waals surface area contributed by atoms with Crippen LogP contribution < -0.4 is 10.1 Å². The highest BCUT2D eigenvalue weighted by Crippen LogP contribution is 2.19. The zero-order valence-electron chi connectivity index (χ0n) is 13.0. The maximum Gasteiger partial charge on any atom is 0.248 e. The number of carbonyl (C=O) groups excluding carboxylic acids is 1. The zero-order valence-corrected chi connectivity index (χ0v) is 13.0. The van der Waals surface area contributed by atoms with E-state index in [2.05, 4.69) is 5.32 Å². The number of hydrogen-bond acceptors (Lipinski definition) is 3. The van der Waals surface area contributed by atoms with Crippen LogP contribution in [0.5, 0.6) is 5.75 Å². The van der Waals surface area contributed by atoms with Gasteiger partial charge in [0.1, 0.15) is 0 Å². The predicted molar refractivity (Wildman–Crippen MR) is 87.7 cm³/mol.